The highest BCUT2D eigenvalue weighted by Crippen LogP contribution is 2.21. The Balaban J connectivity index is 0.00000576. The largest absolute Gasteiger partial charge is 0.355 e. The molecule has 0 saturated carbocycles. The zero-order chi connectivity index (χ0) is 18.2. The van der Waals surface area contributed by atoms with Crippen LogP contribution in [0, 0.1) is 5.41 Å². The molecule has 0 bridgehead atoms. The molecule has 1 amide bonds. The van der Waals surface area contributed by atoms with Gasteiger partial charge in [-0.15, -0.1) is 24.0 Å². The highest BCUT2D eigenvalue weighted by atomic mass is 127. The lowest BCUT2D eigenvalue weighted by Gasteiger charge is -2.23. The Bertz CT molecular complexity index is 550. The van der Waals surface area contributed by atoms with Gasteiger partial charge in [0.05, 0.1) is 0 Å². The second-order valence-electron chi connectivity index (χ2n) is 7.35. The number of nitrogens with zero attached hydrogens (tertiary/aromatic N) is 1. The summed E-state index contributed by atoms with van der Waals surface area (Å²) in [6.07, 6.45) is 2.27. The van der Waals surface area contributed by atoms with E-state index in [0.717, 1.165) is 17.9 Å². The number of aliphatic imine (C=N–C) groups is 1. The minimum atomic E-state index is -0.0698. The van der Waals surface area contributed by atoms with Gasteiger partial charge in [0.15, 0.2) is 5.96 Å². The van der Waals surface area contributed by atoms with Gasteiger partial charge in [0.1, 0.15) is 0 Å². The van der Waals surface area contributed by atoms with Gasteiger partial charge < -0.3 is 16.0 Å². The molecule has 0 radical (unpaired) electrons. The molecular weight excluding hydrogens is 427 g/mol. The molecule has 142 valence electrons. The van der Waals surface area contributed by atoms with Crippen LogP contribution in [-0.2, 0) is 6.54 Å². The van der Waals surface area contributed by atoms with Gasteiger partial charge >= 0.3 is 0 Å². The lowest BCUT2D eigenvalue weighted by molar-refractivity contribution is 0.0963. The summed E-state index contributed by atoms with van der Waals surface area (Å²) in [4.78, 5) is 15.8. The molecule has 6 heteroatoms. The monoisotopic (exact) mass is 460 g/mol. The summed E-state index contributed by atoms with van der Waals surface area (Å²) in [6, 6.07) is 7.93. The van der Waals surface area contributed by atoms with Gasteiger partial charge in [0.2, 0.25) is 0 Å². The first kappa shape index (κ1) is 23.7. The Kier molecular flexibility index (Phi) is 10.7. The van der Waals surface area contributed by atoms with E-state index < -0.39 is 0 Å². The van der Waals surface area contributed by atoms with Crippen molar-refractivity contribution in [2.75, 3.05) is 14.1 Å². The number of halogens is 1. The second kappa shape index (κ2) is 11.3. The zero-order valence-corrected chi connectivity index (χ0v) is 18.6. The van der Waals surface area contributed by atoms with Crippen LogP contribution in [0.2, 0.25) is 0 Å². The number of hydrogen-bond acceptors (Lipinski definition) is 2. The van der Waals surface area contributed by atoms with Crippen LogP contribution < -0.4 is 16.0 Å². The van der Waals surface area contributed by atoms with E-state index in [2.05, 4.69) is 48.6 Å². The fourth-order valence-electron chi connectivity index (χ4n) is 2.25. The first-order valence-corrected chi connectivity index (χ1v) is 8.53. The first-order valence-electron chi connectivity index (χ1n) is 8.53. The summed E-state index contributed by atoms with van der Waals surface area (Å²) in [5.41, 5.74) is 2.12. The van der Waals surface area contributed by atoms with Crippen molar-refractivity contribution >= 4 is 35.8 Å². The molecule has 1 rings (SSSR count). The van der Waals surface area contributed by atoms with E-state index in [1.54, 1.807) is 14.1 Å². The van der Waals surface area contributed by atoms with Crippen molar-refractivity contribution in [3.05, 3.63) is 35.4 Å². The maximum atomic E-state index is 11.5. The SMILES string of the molecule is CN=C(NCc1ccc(C(=O)NC)cc1)NC(C)CCC(C)(C)C.I. The van der Waals surface area contributed by atoms with Gasteiger partial charge in [-0.3, -0.25) is 9.79 Å². The summed E-state index contributed by atoms with van der Waals surface area (Å²) in [6.45, 7) is 9.62. The van der Waals surface area contributed by atoms with Crippen LogP contribution >= 0.6 is 24.0 Å². The predicted octanol–water partition coefficient (Wildman–Crippen LogP) is 3.54. The van der Waals surface area contributed by atoms with E-state index in [-0.39, 0.29) is 29.9 Å². The van der Waals surface area contributed by atoms with E-state index >= 15 is 0 Å². The number of benzene rings is 1. The molecule has 0 aromatic heterocycles. The maximum absolute atomic E-state index is 11.5. The van der Waals surface area contributed by atoms with Crippen molar-refractivity contribution in [2.24, 2.45) is 10.4 Å². The van der Waals surface area contributed by atoms with Gasteiger partial charge in [-0.05, 0) is 42.9 Å². The molecule has 3 N–H and O–H groups in total. The summed E-state index contributed by atoms with van der Waals surface area (Å²) < 4.78 is 0. The summed E-state index contributed by atoms with van der Waals surface area (Å²) >= 11 is 0. The molecule has 0 aliphatic heterocycles. The number of hydrogen-bond donors (Lipinski definition) is 3. The normalized spacial score (nSPS) is 12.8. The number of carbonyl (C=O) groups excluding carboxylic acids is 1. The van der Waals surface area contributed by atoms with Crippen LogP contribution in [0.3, 0.4) is 0 Å². The quantitative estimate of drug-likeness (QED) is 0.346. The third-order valence-corrected chi connectivity index (χ3v) is 3.84. The van der Waals surface area contributed by atoms with Gasteiger partial charge in [-0.25, -0.2) is 0 Å². The van der Waals surface area contributed by atoms with E-state index in [1.165, 1.54) is 6.42 Å². The Morgan fingerprint density at radius 2 is 1.80 bits per heavy atom. The third-order valence-electron chi connectivity index (χ3n) is 3.84. The number of amides is 1. The van der Waals surface area contributed by atoms with Gasteiger partial charge in [-0.1, -0.05) is 32.9 Å². The molecule has 0 aliphatic carbocycles. The average Bonchev–Trinajstić information content (AvgIpc) is 2.55. The first-order chi connectivity index (χ1) is 11.2. The van der Waals surface area contributed by atoms with Crippen LogP contribution in [0.4, 0.5) is 0 Å². The van der Waals surface area contributed by atoms with Gasteiger partial charge in [0, 0.05) is 32.2 Å². The van der Waals surface area contributed by atoms with Crippen molar-refractivity contribution in [3.8, 4) is 0 Å². The average molecular weight is 460 g/mol. The van der Waals surface area contributed by atoms with E-state index in [1.807, 2.05) is 24.3 Å². The zero-order valence-electron chi connectivity index (χ0n) is 16.3. The molecule has 0 heterocycles. The molecule has 0 fully saturated rings. The molecule has 1 aromatic carbocycles. The van der Waals surface area contributed by atoms with Crippen molar-refractivity contribution in [1.82, 2.24) is 16.0 Å². The van der Waals surface area contributed by atoms with Crippen LogP contribution in [0.1, 0.15) is 56.5 Å². The van der Waals surface area contributed by atoms with Crippen LogP contribution in [-0.4, -0.2) is 32.0 Å². The fraction of sp³-hybridized carbons (Fsp3) is 0.579. The Hall–Kier alpha value is -1.31. The Morgan fingerprint density at radius 3 is 2.28 bits per heavy atom. The molecule has 5 nitrogen and oxygen atoms in total. The molecule has 0 saturated heterocycles. The summed E-state index contributed by atoms with van der Waals surface area (Å²) in [7, 11) is 3.41. The predicted molar refractivity (Wildman–Crippen MR) is 117 cm³/mol. The molecule has 1 atom stereocenters. The number of guanidine groups is 1. The van der Waals surface area contributed by atoms with E-state index in [0.29, 0.717) is 23.6 Å². The van der Waals surface area contributed by atoms with Crippen LogP contribution in [0.5, 0.6) is 0 Å². The lowest BCUT2D eigenvalue weighted by atomic mass is 9.89. The van der Waals surface area contributed by atoms with Crippen molar-refractivity contribution in [3.63, 3.8) is 0 Å². The van der Waals surface area contributed by atoms with Crippen LogP contribution in [0.15, 0.2) is 29.3 Å². The Labute approximate surface area is 169 Å². The molecule has 0 spiro atoms. The molecule has 1 aromatic rings. The number of rotatable bonds is 6. The number of nitrogens with one attached hydrogen (secondary N) is 3. The highest BCUT2D eigenvalue weighted by Gasteiger charge is 2.13. The highest BCUT2D eigenvalue weighted by molar-refractivity contribution is 14.0. The van der Waals surface area contributed by atoms with E-state index in [4.69, 9.17) is 0 Å². The molecule has 1 unspecified atom stereocenters. The van der Waals surface area contributed by atoms with Crippen molar-refractivity contribution < 1.29 is 4.79 Å². The fourth-order valence-corrected chi connectivity index (χ4v) is 2.25. The standard InChI is InChI=1S/C19H32N4O.HI/c1-14(11-12-19(2,3)4)23-18(21-6)22-13-15-7-9-16(10-8-15)17(24)20-5;/h7-10,14H,11-13H2,1-6H3,(H,20,24)(H2,21,22,23);1H. The molecular formula is C19H33IN4O. The minimum absolute atomic E-state index is 0. The summed E-state index contributed by atoms with van der Waals surface area (Å²) in [5.74, 6) is 0.728. The van der Waals surface area contributed by atoms with E-state index in [9.17, 15) is 4.79 Å². The third kappa shape index (κ3) is 9.67. The summed E-state index contributed by atoms with van der Waals surface area (Å²) in [5, 5.41) is 9.36. The van der Waals surface area contributed by atoms with Crippen LogP contribution in [0.25, 0.3) is 0 Å². The number of carbonyl (C=O) groups is 1. The van der Waals surface area contributed by atoms with Crippen molar-refractivity contribution in [1.29, 1.82) is 0 Å². The molecule has 25 heavy (non-hydrogen) atoms. The lowest BCUT2D eigenvalue weighted by Crippen LogP contribution is -2.42. The smallest absolute Gasteiger partial charge is 0.251 e. The van der Waals surface area contributed by atoms with Gasteiger partial charge in [-0.2, -0.15) is 0 Å². The Morgan fingerprint density at radius 1 is 1.20 bits per heavy atom. The maximum Gasteiger partial charge on any atom is 0.251 e. The van der Waals surface area contributed by atoms with Crippen molar-refractivity contribution in [2.45, 2.75) is 53.1 Å². The topological polar surface area (TPSA) is 65.5 Å². The van der Waals surface area contributed by atoms with Gasteiger partial charge in [0.25, 0.3) is 5.91 Å². The minimum Gasteiger partial charge on any atom is -0.355 e. The molecule has 0 aliphatic rings. The second-order valence-corrected chi connectivity index (χ2v) is 7.35.